The zero-order valence-corrected chi connectivity index (χ0v) is 27.2. The molecular weight excluding hydrogens is 604 g/mol. The third-order valence-electron chi connectivity index (χ3n) is 10.2. The van der Waals surface area contributed by atoms with E-state index in [1.54, 1.807) is 50.4 Å². The van der Waals surface area contributed by atoms with Gasteiger partial charge in [0.25, 0.3) is 5.91 Å². The number of hydrogen-bond acceptors (Lipinski definition) is 9. The molecule has 2 bridgehead atoms. The standard InChI is InChI=1S/C36H42N2O9/c1-6-34(2,42)33(41)37-27-13-10-18-38(27)31(39)30-28(21-11-8-7-9-12-21)36(22-14-16-23(44-3)17-15-22)32(40)35(30,43)29-25(46-5)19-24(45-4)20-26(29)47-36/h7-9,11-12,14-17,19-20,27-28,30,32,40,42-43H,6,10,13,18H2,1-5H3,(H,37,41)/t27-,28+,30-,32-,34+,35+,36+/m1/s1. The molecule has 1 aliphatic carbocycles. The first kappa shape index (κ1) is 32.6. The molecule has 0 spiro atoms. The van der Waals surface area contributed by atoms with Crippen molar-refractivity contribution in [2.24, 2.45) is 5.92 Å². The van der Waals surface area contributed by atoms with E-state index in [1.807, 2.05) is 30.3 Å². The molecule has 0 unspecified atom stereocenters. The summed E-state index contributed by atoms with van der Waals surface area (Å²) in [5.41, 5.74) is -4.22. The molecule has 11 nitrogen and oxygen atoms in total. The van der Waals surface area contributed by atoms with Crippen molar-refractivity contribution in [3.8, 4) is 23.0 Å². The summed E-state index contributed by atoms with van der Waals surface area (Å²) in [4.78, 5) is 29.8. The molecule has 4 N–H and O–H groups in total. The number of hydrogen-bond donors (Lipinski definition) is 4. The van der Waals surface area contributed by atoms with Crippen LogP contribution in [0.1, 0.15) is 55.7 Å². The number of aliphatic hydroxyl groups is 3. The summed E-state index contributed by atoms with van der Waals surface area (Å²) in [7, 11) is 4.48. The number of likely N-dealkylation sites (tertiary alicyclic amines) is 1. The van der Waals surface area contributed by atoms with Crippen molar-refractivity contribution in [1.82, 2.24) is 10.2 Å². The SMILES string of the molecule is CC[C@](C)(O)C(=O)N[C@H]1CCCN1C(=O)[C@H]1[C@H](c2ccccc2)[C@]2(c3ccc(OC)cc3)Oc3cc(OC)cc(OC)c3[C@@]1(O)[C@H]2O. The Hall–Kier alpha value is -4.32. The predicted molar refractivity (Wildman–Crippen MR) is 171 cm³/mol. The average Bonchev–Trinajstić information content (AvgIpc) is 3.60. The Morgan fingerprint density at radius 1 is 1.02 bits per heavy atom. The summed E-state index contributed by atoms with van der Waals surface area (Å²) >= 11 is 0. The second kappa shape index (κ2) is 12.0. The van der Waals surface area contributed by atoms with Gasteiger partial charge in [0, 0.05) is 24.6 Å². The van der Waals surface area contributed by atoms with Crippen molar-refractivity contribution in [3.63, 3.8) is 0 Å². The molecule has 2 heterocycles. The molecule has 250 valence electrons. The number of benzene rings is 3. The molecule has 11 heteroatoms. The van der Waals surface area contributed by atoms with E-state index in [0.29, 0.717) is 42.0 Å². The van der Waals surface area contributed by atoms with Crippen LogP contribution in [0.3, 0.4) is 0 Å². The smallest absolute Gasteiger partial charge is 0.253 e. The van der Waals surface area contributed by atoms with Crippen molar-refractivity contribution in [2.45, 2.75) is 68.1 Å². The van der Waals surface area contributed by atoms with Gasteiger partial charge in [-0.05, 0) is 49.4 Å². The molecule has 6 rings (SSSR count). The number of carbonyl (C=O) groups excluding carboxylic acids is 2. The predicted octanol–water partition coefficient (Wildman–Crippen LogP) is 3.19. The van der Waals surface area contributed by atoms with Crippen LogP contribution in [0.15, 0.2) is 66.7 Å². The number of amides is 2. The Morgan fingerprint density at radius 2 is 1.70 bits per heavy atom. The number of rotatable bonds is 9. The number of fused-ring (bicyclic) bond motifs is 4. The van der Waals surface area contributed by atoms with E-state index >= 15 is 4.79 Å². The maximum atomic E-state index is 15.1. The lowest BCUT2D eigenvalue weighted by Crippen LogP contribution is -2.57. The van der Waals surface area contributed by atoms with Gasteiger partial charge in [-0.2, -0.15) is 0 Å². The first-order chi connectivity index (χ1) is 22.5. The van der Waals surface area contributed by atoms with Crippen LogP contribution in [0.4, 0.5) is 0 Å². The van der Waals surface area contributed by atoms with Gasteiger partial charge in [-0.15, -0.1) is 0 Å². The van der Waals surface area contributed by atoms with Crippen LogP contribution < -0.4 is 24.3 Å². The van der Waals surface area contributed by atoms with E-state index in [1.165, 1.54) is 26.0 Å². The van der Waals surface area contributed by atoms with Crippen molar-refractivity contribution < 1.29 is 43.9 Å². The zero-order chi connectivity index (χ0) is 33.7. The van der Waals surface area contributed by atoms with Crippen LogP contribution in [0, 0.1) is 5.92 Å². The fourth-order valence-corrected chi connectivity index (χ4v) is 7.59. The fourth-order valence-electron chi connectivity index (χ4n) is 7.59. The Bertz CT molecular complexity index is 1650. The first-order valence-electron chi connectivity index (χ1n) is 15.9. The molecule has 0 aromatic heterocycles. The van der Waals surface area contributed by atoms with Crippen LogP contribution in [-0.4, -0.2) is 77.8 Å². The molecule has 3 aromatic carbocycles. The third kappa shape index (κ3) is 4.90. The molecule has 2 fully saturated rings. The molecule has 47 heavy (non-hydrogen) atoms. The Morgan fingerprint density at radius 3 is 2.32 bits per heavy atom. The summed E-state index contributed by atoms with van der Waals surface area (Å²) in [5, 5.41) is 39.2. The number of aliphatic hydroxyl groups excluding tert-OH is 1. The Balaban J connectivity index is 1.59. The van der Waals surface area contributed by atoms with Crippen LogP contribution in [0.2, 0.25) is 0 Å². The van der Waals surface area contributed by atoms with E-state index in [4.69, 9.17) is 18.9 Å². The molecule has 2 amide bonds. The van der Waals surface area contributed by atoms with Gasteiger partial charge in [-0.25, -0.2) is 0 Å². The first-order valence-corrected chi connectivity index (χ1v) is 15.9. The number of carbonyl (C=O) groups is 2. The van der Waals surface area contributed by atoms with Gasteiger partial charge >= 0.3 is 0 Å². The van der Waals surface area contributed by atoms with Crippen LogP contribution >= 0.6 is 0 Å². The number of nitrogens with zero attached hydrogens (tertiary/aromatic N) is 1. The lowest BCUT2D eigenvalue weighted by atomic mass is 9.75. The van der Waals surface area contributed by atoms with E-state index in [-0.39, 0.29) is 23.5 Å². The third-order valence-corrected chi connectivity index (χ3v) is 10.2. The van der Waals surface area contributed by atoms with Gasteiger partial charge in [-0.3, -0.25) is 9.59 Å². The van der Waals surface area contributed by atoms with Gasteiger partial charge in [0.05, 0.1) is 32.8 Å². The summed E-state index contributed by atoms with van der Waals surface area (Å²) in [6.07, 6.45) is -1.16. The highest BCUT2D eigenvalue weighted by Crippen LogP contribution is 2.68. The van der Waals surface area contributed by atoms with Gasteiger partial charge in [-0.1, -0.05) is 49.4 Å². The fraction of sp³-hybridized carbons (Fsp3) is 0.444. The molecule has 3 aromatic rings. The highest BCUT2D eigenvalue weighted by atomic mass is 16.5. The summed E-state index contributed by atoms with van der Waals surface area (Å²) in [5.74, 6) is -1.95. The molecule has 0 radical (unpaired) electrons. The Kier molecular flexibility index (Phi) is 8.36. The number of methoxy groups -OCH3 is 3. The number of nitrogens with one attached hydrogen (secondary N) is 1. The molecule has 3 aliphatic rings. The lowest BCUT2D eigenvalue weighted by molar-refractivity contribution is -0.168. The highest BCUT2D eigenvalue weighted by Gasteiger charge is 2.76. The monoisotopic (exact) mass is 646 g/mol. The second-order valence-electron chi connectivity index (χ2n) is 12.7. The lowest BCUT2D eigenvalue weighted by Gasteiger charge is -2.45. The average molecular weight is 647 g/mol. The van der Waals surface area contributed by atoms with Gasteiger partial charge < -0.3 is 44.5 Å². The van der Waals surface area contributed by atoms with Crippen molar-refractivity contribution in [3.05, 3.63) is 83.4 Å². The van der Waals surface area contributed by atoms with Crippen molar-refractivity contribution in [2.75, 3.05) is 27.9 Å². The number of ether oxygens (including phenoxy) is 4. The van der Waals surface area contributed by atoms with E-state index in [9.17, 15) is 20.1 Å². The molecule has 1 saturated heterocycles. The largest absolute Gasteiger partial charge is 0.497 e. The van der Waals surface area contributed by atoms with E-state index in [2.05, 4.69) is 5.32 Å². The van der Waals surface area contributed by atoms with Crippen LogP contribution in [0.5, 0.6) is 23.0 Å². The van der Waals surface area contributed by atoms with Crippen molar-refractivity contribution in [1.29, 1.82) is 0 Å². The quantitative estimate of drug-likeness (QED) is 0.275. The molecule has 2 aliphatic heterocycles. The molecule has 1 saturated carbocycles. The van der Waals surface area contributed by atoms with E-state index in [0.717, 1.165) is 0 Å². The zero-order valence-electron chi connectivity index (χ0n) is 27.2. The minimum Gasteiger partial charge on any atom is -0.497 e. The molecular formula is C36H42N2O9. The van der Waals surface area contributed by atoms with Crippen LogP contribution in [0.25, 0.3) is 0 Å². The second-order valence-corrected chi connectivity index (χ2v) is 12.7. The minimum atomic E-state index is -2.23. The topological polar surface area (TPSA) is 147 Å². The Labute approximate surface area is 274 Å². The molecule has 7 atom stereocenters. The maximum Gasteiger partial charge on any atom is 0.253 e. The van der Waals surface area contributed by atoms with Gasteiger partial charge in [0.2, 0.25) is 5.91 Å². The normalized spacial score (nSPS) is 28.9. The maximum absolute atomic E-state index is 15.1. The summed E-state index contributed by atoms with van der Waals surface area (Å²) in [6.45, 7) is 3.43. The van der Waals surface area contributed by atoms with E-state index < -0.39 is 52.7 Å². The van der Waals surface area contributed by atoms with Crippen molar-refractivity contribution >= 4 is 11.8 Å². The summed E-state index contributed by atoms with van der Waals surface area (Å²) < 4.78 is 23.6. The highest BCUT2D eigenvalue weighted by molar-refractivity contribution is 5.87. The summed E-state index contributed by atoms with van der Waals surface area (Å²) in [6, 6.07) is 19.4. The van der Waals surface area contributed by atoms with Gasteiger partial charge in [0.1, 0.15) is 46.5 Å². The minimum absolute atomic E-state index is 0.128. The van der Waals surface area contributed by atoms with Gasteiger partial charge in [0.15, 0.2) is 5.60 Å². The van der Waals surface area contributed by atoms with Crippen LogP contribution in [-0.2, 0) is 20.8 Å².